The van der Waals surface area contributed by atoms with E-state index in [0.29, 0.717) is 12.2 Å². The van der Waals surface area contributed by atoms with E-state index >= 15 is 0 Å². The third kappa shape index (κ3) is 3.34. The van der Waals surface area contributed by atoms with Gasteiger partial charge >= 0.3 is 0 Å². The summed E-state index contributed by atoms with van der Waals surface area (Å²) in [6, 6.07) is 6.05. The van der Waals surface area contributed by atoms with Gasteiger partial charge < -0.3 is 4.74 Å². The van der Waals surface area contributed by atoms with Crippen molar-refractivity contribution in [3.8, 4) is 11.8 Å². The predicted molar refractivity (Wildman–Crippen MR) is 80.4 cm³/mol. The fourth-order valence-electron chi connectivity index (χ4n) is 2.28. The highest BCUT2D eigenvalue weighted by Gasteiger charge is 2.27. The Morgan fingerprint density at radius 2 is 2.25 bits per heavy atom. The summed E-state index contributed by atoms with van der Waals surface area (Å²) in [7, 11) is 0. The molecule has 1 aromatic rings. The first-order valence-electron chi connectivity index (χ1n) is 6.79. The van der Waals surface area contributed by atoms with Crippen LogP contribution in [0.3, 0.4) is 0 Å². The van der Waals surface area contributed by atoms with Gasteiger partial charge in [-0.25, -0.2) is 0 Å². The van der Waals surface area contributed by atoms with Crippen LogP contribution in [0.25, 0.3) is 0 Å². The molecule has 0 unspecified atom stereocenters. The van der Waals surface area contributed by atoms with Gasteiger partial charge in [-0.1, -0.05) is 0 Å². The van der Waals surface area contributed by atoms with E-state index in [1.807, 2.05) is 12.1 Å². The van der Waals surface area contributed by atoms with E-state index < -0.39 is 0 Å². The van der Waals surface area contributed by atoms with Crippen LogP contribution in [0.2, 0.25) is 0 Å². The third-order valence-electron chi connectivity index (χ3n) is 3.40. The Morgan fingerprint density at radius 1 is 1.50 bits per heavy atom. The second-order valence-corrected chi connectivity index (χ2v) is 6.77. The average molecular weight is 289 g/mol. The molecular formula is C16H19NO2S. The number of nitriles is 1. The number of rotatable bonds is 4. The number of ketones is 1. The van der Waals surface area contributed by atoms with Crippen molar-refractivity contribution < 1.29 is 9.53 Å². The van der Waals surface area contributed by atoms with Crippen LogP contribution in [-0.2, 0) is 6.42 Å². The zero-order valence-electron chi connectivity index (χ0n) is 12.2. The number of carbonyl (C=O) groups is 1. The van der Waals surface area contributed by atoms with E-state index in [9.17, 15) is 4.79 Å². The summed E-state index contributed by atoms with van der Waals surface area (Å²) >= 11 is 1.55. The number of hydrogen-bond donors (Lipinski definition) is 0. The molecule has 0 radical (unpaired) electrons. The number of thioether (sulfide) groups is 1. The Kier molecular flexibility index (Phi) is 4.39. The second-order valence-electron chi connectivity index (χ2n) is 5.63. The van der Waals surface area contributed by atoms with Crippen molar-refractivity contribution in [2.45, 2.75) is 50.5 Å². The van der Waals surface area contributed by atoms with Crippen LogP contribution in [0.4, 0.5) is 0 Å². The molecule has 0 aromatic heterocycles. The first-order valence-corrected chi connectivity index (χ1v) is 7.78. The Morgan fingerprint density at radius 3 is 2.90 bits per heavy atom. The fraction of sp³-hybridized carbons (Fsp3) is 0.500. The molecule has 0 saturated heterocycles. The van der Waals surface area contributed by atoms with Crippen molar-refractivity contribution in [1.29, 1.82) is 5.26 Å². The Balaban J connectivity index is 2.34. The summed E-state index contributed by atoms with van der Waals surface area (Å²) in [6.45, 7) is 5.75. The smallest absolute Gasteiger partial charge is 0.160 e. The van der Waals surface area contributed by atoms with Crippen molar-refractivity contribution in [2.75, 3.05) is 5.75 Å². The van der Waals surface area contributed by atoms with Gasteiger partial charge in [-0.2, -0.15) is 5.26 Å². The Bertz CT molecular complexity index is 573. The van der Waals surface area contributed by atoms with Crippen LogP contribution in [-0.4, -0.2) is 17.1 Å². The molecule has 1 aliphatic heterocycles. The van der Waals surface area contributed by atoms with Crippen LogP contribution in [0.1, 0.15) is 49.5 Å². The van der Waals surface area contributed by atoms with Gasteiger partial charge in [-0.3, -0.25) is 4.79 Å². The highest BCUT2D eigenvalue weighted by atomic mass is 32.2. The van der Waals surface area contributed by atoms with Gasteiger partial charge in [0, 0.05) is 22.6 Å². The highest BCUT2D eigenvalue weighted by Crippen LogP contribution is 2.38. The number of Topliss-reactive ketones (excluding diaryl/α,β-unsaturated/α-hetero) is 1. The molecule has 1 heterocycles. The van der Waals surface area contributed by atoms with Gasteiger partial charge in [0.1, 0.15) is 11.4 Å². The molecule has 4 heteroatoms. The van der Waals surface area contributed by atoms with Crippen molar-refractivity contribution in [2.24, 2.45) is 0 Å². The molecule has 0 saturated carbocycles. The standard InChI is InChI=1S/C16H19NO2S/c1-11(18)13-9-12-5-6-16(2,3)19-14(12)10-15(13)20-8-4-7-17/h9-10H,4-6,8H2,1-3H3. The van der Waals surface area contributed by atoms with Crippen LogP contribution in [0.15, 0.2) is 17.0 Å². The number of fused-ring (bicyclic) bond motifs is 1. The lowest BCUT2D eigenvalue weighted by Gasteiger charge is -2.33. The molecule has 0 N–H and O–H groups in total. The molecule has 106 valence electrons. The minimum absolute atomic E-state index is 0.0668. The molecule has 0 atom stereocenters. The van der Waals surface area contributed by atoms with E-state index in [-0.39, 0.29) is 11.4 Å². The molecular weight excluding hydrogens is 270 g/mol. The highest BCUT2D eigenvalue weighted by molar-refractivity contribution is 7.99. The third-order valence-corrected chi connectivity index (χ3v) is 4.45. The van der Waals surface area contributed by atoms with Gasteiger partial charge in [0.2, 0.25) is 0 Å². The van der Waals surface area contributed by atoms with Crippen molar-refractivity contribution >= 4 is 17.5 Å². The van der Waals surface area contributed by atoms with Gasteiger partial charge in [0.15, 0.2) is 5.78 Å². The first-order chi connectivity index (χ1) is 9.43. The normalized spacial score (nSPS) is 15.9. The molecule has 1 aliphatic rings. The van der Waals surface area contributed by atoms with E-state index in [0.717, 1.165) is 34.6 Å². The molecule has 20 heavy (non-hydrogen) atoms. The van der Waals surface area contributed by atoms with Gasteiger partial charge in [-0.15, -0.1) is 11.8 Å². The monoisotopic (exact) mass is 289 g/mol. The summed E-state index contributed by atoms with van der Waals surface area (Å²) in [4.78, 5) is 12.7. The SMILES string of the molecule is CC(=O)c1cc2c(cc1SCCC#N)OC(C)(C)CC2. The lowest BCUT2D eigenvalue weighted by atomic mass is 9.93. The maximum absolute atomic E-state index is 11.8. The molecule has 0 spiro atoms. The zero-order chi connectivity index (χ0) is 14.8. The summed E-state index contributed by atoms with van der Waals surface area (Å²) < 4.78 is 6.01. The Hall–Kier alpha value is -1.47. The predicted octanol–water partition coefficient (Wildman–Crippen LogP) is 4.00. The fourth-order valence-corrected chi connectivity index (χ4v) is 3.24. The van der Waals surface area contributed by atoms with Crippen LogP contribution >= 0.6 is 11.8 Å². The van der Waals surface area contributed by atoms with Crippen LogP contribution < -0.4 is 4.74 Å². The maximum atomic E-state index is 11.8. The lowest BCUT2D eigenvalue weighted by Crippen LogP contribution is -2.32. The summed E-state index contributed by atoms with van der Waals surface area (Å²) in [5.41, 5.74) is 1.70. The largest absolute Gasteiger partial charge is 0.488 e. The van der Waals surface area contributed by atoms with Crippen molar-refractivity contribution in [3.63, 3.8) is 0 Å². The van der Waals surface area contributed by atoms with Crippen LogP contribution in [0.5, 0.6) is 5.75 Å². The van der Waals surface area contributed by atoms with E-state index in [2.05, 4.69) is 19.9 Å². The number of nitrogens with zero attached hydrogens (tertiary/aromatic N) is 1. The van der Waals surface area contributed by atoms with E-state index in [4.69, 9.17) is 10.00 Å². The summed E-state index contributed by atoms with van der Waals surface area (Å²) in [5.74, 6) is 1.64. The number of hydrogen-bond acceptors (Lipinski definition) is 4. The molecule has 2 rings (SSSR count). The molecule has 0 fully saturated rings. The van der Waals surface area contributed by atoms with Crippen molar-refractivity contribution in [1.82, 2.24) is 0 Å². The minimum atomic E-state index is -0.153. The van der Waals surface area contributed by atoms with E-state index in [1.165, 1.54) is 0 Å². The molecule has 1 aromatic carbocycles. The van der Waals surface area contributed by atoms with Gasteiger partial charge in [0.05, 0.1) is 6.07 Å². The topological polar surface area (TPSA) is 50.1 Å². The number of benzene rings is 1. The Labute approximate surface area is 124 Å². The second kappa shape index (κ2) is 5.88. The number of aryl methyl sites for hydroxylation is 1. The molecule has 3 nitrogen and oxygen atoms in total. The zero-order valence-corrected chi connectivity index (χ0v) is 13.0. The van der Waals surface area contributed by atoms with Crippen LogP contribution in [0, 0.1) is 11.3 Å². The summed E-state index contributed by atoms with van der Waals surface area (Å²) in [6.07, 6.45) is 2.37. The minimum Gasteiger partial charge on any atom is -0.488 e. The quantitative estimate of drug-likeness (QED) is 0.477. The maximum Gasteiger partial charge on any atom is 0.160 e. The summed E-state index contributed by atoms with van der Waals surface area (Å²) in [5, 5.41) is 8.63. The molecule has 0 bridgehead atoms. The average Bonchev–Trinajstić information content (AvgIpc) is 2.37. The number of ether oxygens (including phenoxy) is 1. The molecule has 0 aliphatic carbocycles. The van der Waals surface area contributed by atoms with E-state index in [1.54, 1.807) is 18.7 Å². The first kappa shape index (κ1) is 14.9. The molecule has 0 amide bonds. The van der Waals surface area contributed by atoms with Gasteiger partial charge in [0.25, 0.3) is 0 Å². The van der Waals surface area contributed by atoms with Crippen molar-refractivity contribution in [3.05, 3.63) is 23.3 Å². The number of carbonyl (C=O) groups excluding carboxylic acids is 1. The van der Waals surface area contributed by atoms with Gasteiger partial charge in [-0.05, 0) is 51.3 Å². The lowest BCUT2D eigenvalue weighted by molar-refractivity contribution is 0.0842.